The minimum absolute atomic E-state index is 0.184. The molecule has 0 radical (unpaired) electrons. The second kappa shape index (κ2) is 16.7. The van der Waals surface area contributed by atoms with Crippen molar-refractivity contribution in [3.8, 4) is 5.75 Å². The van der Waals surface area contributed by atoms with Gasteiger partial charge in [0.2, 0.25) is 10.0 Å². The number of para-hydroxylation sites is 2. The summed E-state index contributed by atoms with van der Waals surface area (Å²) in [6, 6.07) is 30.3. The Morgan fingerprint density at radius 2 is 1.55 bits per heavy atom. The zero-order valence-corrected chi connectivity index (χ0v) is 27.2. The number of anilines is 2. The van der Waals surface area contributed by atoms with Crippen LogP contribution in [0.15, 0.2) is 109 Å². The van der Waals surface area contributed by atoms with Gasteiger partial charge >= 0.3 is 6.36 Å². The fraction of sp³-hybridized carbons (Fsp3) is 0.265. The summed E-state index contributed by atoms with van der Waals surface area (Å²) in [5, 5.41) is 14.2. The van der Waals surface area contributed by atoms with E-state index < -0.39 is 28.4 Å². The van der Waals surface area contributed by atoms with Gasteiger partial charge < -0.3 is 15.2 Å². The van der Waals surface area contributed by atoms with Crippen molar-refractivity contribution in [2.45, 2.75) is 31.9 Å². The standard InChI is InChI=1S/C34H36F3N3O5S2/c1-47(43,44)40(28-14-6-3-7-15-28)31-18-9-8-17-30(31)33(42)39-46-20-19-27(21-25-11-4-2-5-12-25)32(41)24-38-23-26-13-10-16-29(22-26)45-34(35,36)37/h2-18,22,27,32,38,41H,19-21,23-24H2,1H3,(H,39,42)/t27-,32+/m1/s1. The molecule has 0 unspecified atom stereocenters. The lowest BCUT2D eigenvalue weighted by Gasteiger charge is -2.25. The first-order valence-electron chi connectivity index (χ1n) is 14.7. The number of halogens is 3. The van der Waals surface area contributed by atoms with Crippen molar-refractivity contribution in [3.63, 3.8) is 0 Å². The minimum Gasteiger partial charge on any atom is -0.406 e. The van der Waals surface area contributed by atoms with E-state index in [4.69, 9.17) is 0 Å². The molecule has 3 N–H and O–H groups in total. The quantitative estimate of drug-likeness (QED) is 0.0917. The van der Waals surface area contributed by atoms with Crippen LogP contribution in [0.2, 0.25) is 0 Å². The van der Waals surface area contributed by atoms with E-state index >= 15 is 0 Å². The Morgan fingerprint density at radius 1 is 0.915 bits per heavy atom. The van der Waals surface area contributed by atoms with Crippen molar-refractivity contribution in [3.05, 3.63) is 126 Å². The largest absolute Gasteiger partial charge is 0.573 e. The Labute approximate surface area is 277 Å². The van der Waals surface area contributed by atoms with Crippen LogP contribution in [0.3, 0.4) is 0 Å². The molecule has 0 saturated carbocycles. The van der Waals surface area contributed by atoms with Crippen molar-refractivity contribution in [1.29, 1.82) is 0 Å². The molecule has 47 heavy (non-hydrogen) atoms. The number of aliphatic hydroxyl groups excluding tert-OH is 1. The van der Waals surface area contributed by atoms with Crippen LogP contribution < -0.4 is 19.1 Å². The van der Waals surface area contributed by atoms with Crippen LogP contribution in [0.1, 0.15) is 27.9 Å². The Bertz CT molecular complexity index is 1690. The molecule has 13 heteroatoms. The normalized spacial score (nSPS) is 13.0. The zero-order chi connectivity index (χ0) is 33.9. The first-order chi connectivity index (χ1) is 22.4. The average Bonchev–Trinajstić information content (AvgIpc) is 3.02. The summed E-state index contributed by atoms with van der Waals surface area (Å²) in [6.07, 6.45) is -3.41. The van der Waals surface area contributed by atoms with Gasteiger partial charge in [-0.15, -0.1) is 13.2 Å². The molecular weight excluding hydrogens is 652 g/mol. The second-order valence-electron chi connectivity index (χ2n) is 10.8. The number of benzene rings is 4. The summed E-state index contributed by atoms with van der Waals surface area (Å²) in [4.78, 5) is 13.3. The van der Waals surface area contributed by atoms with E-state index in [9.17, 15) is 31.5 Å². The lowest BCUT2D eigenvalue weighted by Crippen LogP contribution is -2.34. The first-order valence-corrected chi connectivity index (χ1v) is 17.6. The van der Waals surface area contributed by atoms with E-state index in [1.165, 1.54) is 18.2 Å². The highest BCUT2D eigenvalue weighted by Gasteiger charge is 2.31. The summed E-state index contributed by atoms with van der Waals surface area (Å²) >= 11 is 1.16. The molecule has 2 atom stereocenters. The number of rotatable bonds is 16. The topological polar surface area (TPSA) is 108 Å². The Balaban J connectivity index is 1.37. The number of carbonyl (C=O) groups excluding carboxylic acids is 1. The Morgan fingerprint density at radius 3 is 2.23 bits per heavy atom. The molecule has 0 aromatic heterocycles. The van der Waals surface area contributed by atoms with Crippen molar-refractivity contribution >= 4 is 39.3 Å². The number of nitrogens with zero attached hydrogens (tertiary/aromatic N) is 1. The third-order valence-corrected chi connectivity index (χ3v) is 8.99. The summed E-state index contributed by atoms with van der Waals surface area (Å²) in [7, 11) is -3.78. The molecule has 8 nitrogen and oxygen atoms in total. The van der Waals surface area contributed by atoms with Gasteiger partial charge in [-0.1, -0.05) is 84.7 Å². The summed E-state index contributed by atoms with van der Waals surface area (Å²) < 4.78 is 71.3. The van der Waals surface area contributed by atoms with Crippen LogP contribution in [0, 0.1) is 5.92 Å². The predicted octanol–water partition coefficient (Wildman–Crippen LogP) is 6.46. The van der Waals surface area contributed by atoms with Gasteiger partial charge in [-0.2, -0.15) is 0 Å². The van der Waals surface area contributed by atoms with Gasteiger partial charge in [-0.25, -0.2) is 12.7 Å². The molecular formula is C34H36F3N3O5S2. The number of hydrogen-bond acceptors (Lipinski definition) is 7. The van der Waals surface area contributed by atoms with Gasteiger partial charge in [-0.3, -0.25) is 9.52 Å². The van der Waals surface area contributed by atoms with Gasteiger partial charge in [0, 0.05) is 18.8 Å². The highest BCUT2D eigenvalue weighted by molar-refractivity contribution is 7.97. The number of carbonyl (C=O) groups is 1. The molecule has 0 aliphatic rings. The molecule has 1 amide bonds. The van der Waals surface area contributed by atoms with Gasteiger partial charge in [0.15, 0.2) is 0 Å². The maximum atomic E-state index is 13.3. The zero-order valence-electron chi connectivity index (χ0n) is 25.6. The van der Waals surface area contributed by atoms with E-state index in [1.54, 1.807) is 60.7 Å². The first kappa shape index (κ1) is 35.8. The molecule has 0 saturated heterocycles. The monoisotopic (exact) mass is 687 g/mol. The maximum Gasteiger partial charge on any atom is 0.573 e. The van der Waals surface area contributed by atoms with Crippen molar-refractivity contribution in [1.82, 2.24) is 10.0 Å². The van der Waals surface area contributed by atoms with Crippen LogP contribution in [0.25, 0.3) is 0 Å². The van der Waals surface area contributed by atoms with E-state index in [1.807, 2.05) is 30.3 Å². The molecule has 250 valence electrons. The van der Waals surface area contributed by atoms with E-state index in [2.05, 4.69) is 14.8 Å². The summed E-state index contributed by atoms with van der Waals surface area (Å²) in [5.74, 6) is -0.535. The van der Waals surface area contributed by atoms with Gasteiger partial charge in [-0.05, 0) is 66.3 Å². The fourth-order valence-corrected chi connectivity index (χ4v) is 6.81. The smallest absolute Gasteiger partial charge is 0.406 e. The van der Waals surface area contributed by atoms with Crippen molar-refractivity contribution in [2.24, 2.45) is 5.92 Å². The van der Waals surface area contributed by atoms with Crippen LogP contribution in [0.5, 0.6) is 5.75 Å². The minimum atomic E-state index is -4.79. The molecule has 0 aliphatic heterocycles. The lowest BCUT2D eigenvalue weighted by atomic mass is 9.91. The molecule has 0 aliphatic carbocycles. The third-order valence-electron chi connectivity index (χ3n) is 7.14. The summed E-state index contributed by atoms with van der Waals surface area (Å²) in [6.45, 7) is 0.412. The Kier molecular flexibility index (Phi) is 12.7. The lowest BCUT2D eigenvalue weighted by molar-refractivity contribution is -0.274. The SMILES string of the molecule is CS(=O)(=O)N(c1ccccc1)c1ccccc1C(=O)NSCC[C@H](Cc1ccccc1)[C@@H](O)CNCc1cccc(OC(F)(F)F)c1. The molecule has 0 fully saturated rings. The van der Waals surface area contributed by atoms with E-state index in [0.29, 0.717) is 29.8 Å². The highest BCUT2D eigenvalue weighted by atomic mass is 32.2. The third kappa shape index (κ3) is 11.3. The molecule has 4 aromatic rings. The Hall–Kier alpha value is -4.04. The number of amides is 1. The average molecular weight is 688 g/mol. The molecule has 0 spiro atoms. The summed E-state index contributed by atoms with van der Waals surface area (Å²) in [5.41, 5.74) is 2.40. The van der Waals surface area contributed by atoms with Crippen LogP contribution in [-0.4, -0.2) is 50.5 Å². The van der Waals surface area contributed by atoms with Crippen molar-refractivity contribution < 1.29 is 36.2 Å². The number of sulfonamides is 1. The molecule has 0 heterocycles. The highest BCUT2D eigenvalue weighted by Crippen LogP contribution is 2.31. The second-order valence-corrected chi connectivity index (χ2v) is 13.5. The van der Waals surface area contributed by atoms with Crippen LogP contribution >= 0.6 is 11.9 Å². The number of nitrogens with one attached hydrogen (secondary N) is 2. The van der Waals surface area contributed by atoms with Crippen molar-refractivity contribution in [2.75, 3.05) is 22.9 Å². The van der Waals surface area contributed by atoms with E-state index in [0.717, 1.165) is 28.1 Å². The fourth-order valence-electron chi connectivity index (χ4n) is 5.03. The van der Waals surface area contributed by atoms with Crippen LogP contribution in [-0.2, 0) is 23.0 Å². The van der Waals surface area contributed by atoms with Gasteiger partial charge in [0.25, 0.3) is 5.91 Å². The number of alkyl halides is 3. The molecule has 4 rings (SSSR count). The predicted molar refractivity (Wildman–Crippen MR) is 179 cm³/mol. The number of ether oxygens (including phenoxy) is 1. The number of hydrogen-bond donors (Lipinski definition) is 3. The van der Waals surface area contributed by atoms with Gasteiger partial charge in [0.05, 0.1) is 29.3 Å². The van der Waals surface area contributed by atoms with E-state index in [-0.39, 0.29) is 36.0 Å². The number of aliphatic hydroxyl groups is 1. The van der Waals surface area contributed by atoms with Crippen LogP contribution in [0.4, 0.5) is 24.5 Å². The van der Waals surface area contributed by atoms with Gasteiger partial charge in [0.1, 0.15) is 5.75 Å². The molecule has 0 bridgehead atoms. The maximum absolute atomic E-state index is 13.3. The molecule has 4 aromatic carbocycles.